The summed E-state index contributed by atoms with van der Waals surface area (Å²) in [4.78, 5) is 21.2. The molecular formula is C15H13NO4. The van der Waals surface area contributed by atoms with Crippen LogP contribution in [-0.4, -0.2) is 15.8 Å². The Morgan fingerprint density at radius 1 is 1.05 bits per heavy atom. The van der Waals surface area contributed by atoms with E-state index in [1.807, 2.05) is 0 Å². The van der Waals surface area contributed by atoms with Crippen molar-refractivity contribution in [2.75, 3.05) is 0 Å². The van der Waals surface area contributed by atoms with Crippen molar-refractivity contribution in [3.8, 4) is 0 Å². The third kappa shape index (κ3) is 2.89. The number of carbonyl (C=O) groups is 1. The van der Waals surface area contributed by atoms with Gasteiger partial charge in [0.2, 0.25) is 0 Å². The van der Waals surface area contributed by atoms with Gasteiger partial charge in [-0.3, -0.25) is 14.9 Å². The van der Waals surface area contributed by atoms with Crippen LogP contribution in [0.5, 0.6) is 0 Å². The molecule has 1 atom stereocenters. The highest BCUT2D eigenvalue weighted by Gasteiger charge is 2.12. The second-order valence-electron chi connectivity index (χ2n) is 4.43. The lowest BCUT2D eigenvalue weighted by atomic mass is 9.99. The first-order valence-corrected chi connectivity index (χ1v) is 6.02. The molecule has 5 nitrogen and oxygen atoms in total. The van der Waals surface area contributed by atoms with Gasteiger partial charge in [0.25, 0.3) is 5.69 Å². The summed E-state index contributed by atoms with van der Waals surface area (Å²) in [6, 6.07) is 12.4. The number of nitro benzene ring substituents is 1. The minimum atomic E-state index is -0.878. The molecule has 0 aliphatic heterocycles. The standard InChI is InChI=1S/C15H13NO4/c1-10(17)11-2-4-12(5-3-11)15(18)13-6-8-14(9-7-13)16(19)20/h2-9,15,18H,1H3. The van der Waals surface area contributed by atoms with Crippen LogP contribution in [0.15, 0.2) is 48.5 Å². The SMILES string of the molecule is CC(=O)c1ccc(C(O)c2ccc([N+](=O)[O-])cc2)cc1. The van der Waals surface area contributed by atoms with E-state index in [0.29, 0.717) is 16.7 Å². The number of hydrogen-bond acceptors (Lipinski definition) is 4. The molecule has 0 bridgehead atoms. The summed E-state index contributed by atoms with van der Waals surface area (Å²) >= 11 is 0. The first kappa shape index (κ1) is 13.9. The fraction of sp³-hybridized carbons (Fsp3) is 0.133. The number of nitrogens with zero attached hydrogens (tertiary/aromatic N) is 1. The van der Waals surface area contributed by atoms with Crippen molar-refractivity contribution >= 4 is 11.5 Å². The van der Waals surface area contributed by atoms with Crippen molar-refractivity contribution in [3.05, 3.63) is 75.3 Å². The lowest BCUT2D eigenvalue weighted by Crippen LogP contribution is -2.01. The smallest absolute Gasteiger partial charge is 0.269 e. The summed E-state index contributed by atoms with van der Waals surface area (Å²) < 4.78 is 0. The average Bonchev–Trinajstić information content (AvgIpc) is 2.46. The molecule has 102 valence electrons. The van der Waals surface area contributed by atoms with Gasteiger partial charge < -0.3 is 5.11 Å². The number of carbonyl (C=O) groups excluding carboxylic acids is 1. The molecule has 2 aromatic carbocycles. The van der Waals surface area contributed by atoms with Gasteiger partial charge in [0, 0.05) is 17.7 Å². The largest absolute Gasteiger partial charge is 0.384 e. The molecule has 0 saturated heterocycles. The molecule has 0 aliphatic rings. The van der Waals surface area contributed by atoms with Crippen LogP contribution in [0.1, 0.15) is 34.5 Å². The van der Waals surface area contributed by atoms with Crippen LogP contribution >= 0.6 is 0 Å². The van der Waals surface area contributed by atoms with Crippen LogP contribution in [0.4, 0.5) is 5.69 Å². The monoisotopic (exact) mass is 271 g/mol. The highest BCUT2D eigenvalue weighted by Crippen LogP contribution is 2.24. The van der Waals surface area contributed by atoms with E-state index in [0.717, 1.165) is 0 Å². The number of rotatable bonds is 4. The number of hydrogen-bond donors (Lipinski definition) is 1. The molecule has 5 heteroatoms. The second kappa shape index (κ2) is 5.63. The van der Waals surface area contributed by atoms with Crippen molar-refractivity contribution in [2.24, 2.45) is 0 Å². The van der Waals surface area contributed by atoms with E-state index < -0.39 is 11.0 Å². The second-order valence-corrected chi connectivity index (χ2v) is 4.43. The summed E-state index contributed by atoms with van der Waals surface area (Å²) in [5.74, 6) is -0.0404. The van der Waals surface area contributed by atoms with Gasteiger partial charge in [-0.2, -0.15) is 0 Å². The molecule has 0 aliphatic carbocycles. The summed E-state index contributed by atoms with van der Waals surface area (Å²) in [7, 11) is 0. The quantitative estimate of drug-likeness (QED) is 0.526. The lowest BCUT2D eigenvalue weighted by molar-refractivity contribution is -0.384. The van der Waals surface area contributed by atoms with Gasteiger partial charge in [-0.15, -0.1) is 0 Å². The normalized spacial score (nSPS) is 11.9. The topological polar surface area (TPSA) is 80.4 Å². The number of benzene rings is 2. The van der Waals surface area contributed by atoms with Crippen LogP contribution in [0, 0.1) is 10.1 Å². The summed E-state index contributed by atoms with van der Waals surface area (Å²) in [5, 5.41) is 20.8. The van der Waals surface area contributed by atoms with E-state index in [4.69, 9.17) is 0 Å². The molecule has 2 aromatic rings. The maximum Gasteiger partial charge on any atom is 0.269 e. The Labute approximate surface area is 115 Å². The predicted molar refractivity (Wildman–Crippen MR) is 73.6 cm³/mol. The third-order valence-corrected chi connectivity index (χ3v) is 3.05. The fourth-order valence-corrected chi connectivity index (χ4v) is 1.87. The summed E-state index contributed by atoms with van der Waals surface area (Å²) in [5.41, 5.74) is 1.74. The highest BCUT2D eigenvalue weighted by molar-refractivity contribution is 5.94. The number of ketones is 1. The van der Waals surface area contributed by atoms with Crippen LogP contribution < -0.4 is 0 Å². The molecule has 0 aromatic heterocycles. The van der Waals surface area contributed by atoms with Crippen molar-refractivity contribution in [3.63, 3.8) is 0 Å². The van der Waals surface area contributed by atoms with E-state index >= 15 is 0 Å². The number of nitro groups is 1. The summed E-state index contributed by atoms with van der Waals surface area (Å²) in [6.45, 7) is 1.47. The van der Waals surface area contributed by atoms with E-state index in [1.165, 1.54) is 31.2 Å². The third-order valence-electron chi connectivity index (χ3n) is 3.05. The van der Waals surface area contributed by atoms with Gasteiger partial charge >= 0.3 is 0 Å². The molecule has 0 amide bonds. The number of non-ortho nitro benzene ring substituents is 1. The van der Waals surface area contributed by atoms with Crippen LogP contribution in [0.25, 0.3) is 0 Å². The van der Waals surface area contributed by atoms with Crippen molar-refractivity contribution in [2.45, 2.75) is 13.0 Å². The lowest BCUT2D eigenvalue weighted by Gasteiger charge is -2.11. The minimum Gasteiger partial charge on any atom is -0.384 e. The fourth-order valence-electron chi connectivity index (χ4n) is 1.87. The number of aliphatic hydroxyl groups excluding tert-OH is 1. The molecule has 0 heterocycles. The van der Waals surface area contributed by atoms with Gasteiger partial charge in [-0.1, -0.05) is 24.3 Å². The van der Waals surface area contributed by atoms with Gasteiger partial charge in [0.15, 0.2) is 5.78 Å². The Hall–Kier alpha value is -2.53. The molecule has 0 fully saturated rings. The highest BCUT2D eigenvalue weighted by atomic mass is 16.6. The minimum absolute atomic E-state index is 0.0205. The van der Waals surface area contributed by atoms with Crippen LogP contribution in [0.3, 0.4) is 0 Å². The molecule has 0 saturated carbocycles. The van der Waals surface area contributed by atoms with Crippen molar-refractivity contribution < 1.29 is 14.8 Å². The van der Waals surface area contributed by atoms with Gasteiger partial charge in [-0.05, 0) is 30.2 Å². The van der Waals surface area contributed by atoms with Crippen molar-refractivity contribution in [1.29, 1.82) is 0 Å². The molecule has 1 N–H and O–H groups in total. The zero-order chi connectivity index (χ0) is 14.7. The van der Waals surface area contributed by atoms with E-state index in [9.17, 15) is 20.0 Å². The summed E-state index contributed by atoms with van der Waals surface area (Å²) in [6.07, 6.45) is -0.878. The van der Waals surface area contributed by atoms with Crippen LogP contribution in [0.2, 0.25) is 0 Å². The maximum atomic E-state index is 11.2. The molecule has 0 spiro atoms. The Kier molecular flexibility index (Phi) is 3.91. The van der Waals surface area contributed by atoms with Crippen molar-refractivity contribution in [1.82, 2.24) is 0 Å². The average molecular weight is 271 g/mol. The maximum absolute atomic E-state index is 11.2. The Morgan fingerprint density at radius 2 is 1.50 bits per heavy atom. The Bertz CT molecular complexity index is 574. The first-order valence-electron chi connectivity index (χ1n) is 6.02. The molecule has 20 heavy (non-hydrogen) atoms. The first-order chi connectivity index (χ1) is 9.49. The molecule has 0 radical (unpaired) electrons. The Morgan fingerprint density at radius 3 is 1.90 bits per heavy atom. The van der Waals surface area contributed by atoms with E-state index in [-0.39, 0.29) is 11.5 Å². The van der Waals surface area contributed by atoms with Gasteiger partial charge in [0.1, 0.15) is 6.10 Å². The molecule has 1 unspecified atom stereocenters. The molecule has 2 rings (SSSR count). The predicted octanol–water partition coefficient (Wildman–Crippen LogP) is 2.88. The Balaban J connectivity index is 2.24. The zero-order valence-electron chi connectivity index (χ0n) is 10.8. The zero-order valence-corrected chi connectivity index (χ0v) is 10.8. The number of Topliss-reactive ketones (excluding diaryl/α,β-unsaturated/α-hetero) is 1. The number of aliphatic hydroxyl groups is 1. The van der Waals surface area contributed by atoms with E-state index in [2.05, 4.69) is 0 Å². The van der Waals surface area contributed by atoms with Gasteiger partial charge in [0.05, 0.1) is 4.92 Å². The van der Waals surface area contributed by atoms with E-state index in [1.54, 1.807) is 24.3 Å². The van der Waals surface area contributed by atoms with Crippen LogP contribution in [-0.2, 0) is 0 Å². The van der Waals surface area contributed by atoms with Gasteiger partial charge in [-0.25, -0.2) is 0 Å². The molecular weight excluding hydrogens is 258 g/mol.